The summed E-state index contributed by atoms with van der Waals surface area (Å²) in [6, 6.07) is 3.91. The van der Waals surface area contributed by atoms with Gasteiger partial charge in [-0.2, -0.15) is 18.3 Å². The fourth-order valence-electron chi connectivity index (χ4n) is 3.94. The first-order valence-corrected chi connectivity index (χ1v) is 9.13. The van der Waals surface area contributed by atoms with Gasteiger partial charge >= 0.3 is 6.18 Å². The van der Waals surface area contributed by atoms with Crippen LogP contribution in [0.4, 0.5) is 17.6 Å². The second-order valence-corrected chi connectivity index (χ2v) is 7.05. The topological polar surface area (TPSA) is 38.1 Å². The fourth-order valence-corrected chi connectivity index (χ4v) is 3.94. The lowest BCUT2D eigenvalue weighted by molar-refractivity contribution is -0.142. The van der Waals surface area contributed by atoms with Gasteiger partial charge in [-0.25, -0.2) is 9.07 Å². The SMILES string of the molecule is O=C(c1ccc(-n2nc(C(F)(F)F)c3c2CCCC3)cc1F)N1CCCC1. The molecule has 4 nitrogen and oxygen atoms in total. The van der Waals surface area contributed by atoms with Gasteiger partial charge in [0.05, 0.1) is 11.3 Å². The zero-order valence-electron chi connectivity index (χ0n) is 14.7. The van der Waals surface area contributed by atoms with E-state index in [1.165, 1.54) is 16.8 Å². The van der Waals surface area contributed by atoms with E-state index in [4.69, 9.17) is 0 Å². The van der Waals surface area contributed by atoms with Crippen molar-refractivity contribution in [3.63, 3.8) is 0 Å². The molecule has 0 spiro atoms. The summed E-state index contributed by atoms with van der Waals surface area (Å²) >= 11 is 0. The Balaban J connectivity index is 1.73. The van der Waals surface area contributed by atoms with E-state index in [9.17, 15) is 22.4 Å². The maximum absolute atomic E-state index is 14.6. The van der Waals surface area contributed by atoms with E-state index < -0.39 is 17.7 Å². The molecule has 8 heteroatoms. The lowest BCUT2D eigenvalue weighted by atomic mass is 9.95. The molecule has 2 aliphatic rings. The molecule has 27 heavy (non-hydrogen) atoms. The summed E-state index contributed by atoms with van der Waals surface area (Å²) in [5.74, 6) is -1.12. The van der Waals surface area contributed by atoms with Crippen LogP contribution in [0.15, 0.2) is 18.2 Å². The number of benzene rings is 1. The minimum Gasteiger partial charge on any atom is -0.339 e. The first-order valence-electron chi connectivity index (χ1n) is 9.13. The zero-order valence-corrected chi connectivity index (χ0v) is 14.7. The molecule has 1 fully saturated rings. The number of hydrogen-bond acceptors (Lipinski definition) is 2. The van der Waals surface area contributed by atoms with Gasteiger partial charge in [-0.05, 0) is 50.7 Å². The first-order chi connectivity index (χ1) is 12.9. The minimum atomic E-state index is -4.54. The van der Waals surface area contributed by atoms with Crippen LogP contribution in [0.5, 0.6) is 0 Å². The predicted octanol–water partition coefficient (Wildman–Crippen LogP) is 4.15. The number of fused-ring (bicyclic) bond motifs is 1. The standard InChI is InChI=1S/C19H19F4N3O/c20-15-11-12(7-8-13(15)18(27)25-9-3-4-10-25)26-16-6-2-1-5-14(16)17(24-26)19(21,22)23/h7-8,11H,1-6,9-10H2. The highest BCUT2D eigenvalue weighted by Crippen LogP contribution is 2.37. The van der Waals surface area contributed by atoms with Gasteiger partial charge in [-0.3, -0.25) is 4.79 Å². The van der Waals surface area contributed by atoms with Crippen molar-refractivity contribution in [1.82, 2.24) is 14.7 Å². The van der Waals surface area contributed by atoms with Crippen molar-refractivity contribution in [2.24, 2.45) is 0 Å². The molecule has 4 rings (SSSR count). The molecule has 2 heterocycles. The summed E-state index contributed by atoms with van der Waals surface area (Å²) < 4.78 is 55.8. The fraction of sp³-hybridized carbons (Fsp3) is 0.474. The Hall–Kier alpha value is -2.38. The smallest absolute Gasteiger partial charge is 0.339 e. The van der Waals surface area contributed by atoms with E-state index in [1.807, 2.05) is 0 Å². The molecule has 1 aliphatic carbocycles. The first kappa shape index (κ1) is 18.0. The third kappa shape index (κ3) is 3.21. The quantitative estimate of drug-likeness (QED) is 0.733. The van der Waals surface area contributed by atoms with Crippen LogP contribution >= 0.6 is 0 Å². The average Bonchev–Trinajstić information content (AvgIpc) is 3.28. The monoisotopic (exact) mass is 381 g/mol. The Kier molecular flexibility index (Phi) is 4.44. The summed E-state index contributed by atoms with van der Waals surface area (Å²) in [5, 5.41) is 3.76. The van der Waals surface area contributed by atoms with E-state index >= 15 is 0 Å². The molecular formula is C19H19F4N3O. The lowest BCUT2D eigenvalue weighted by Gasteiger charge is -2.17. The van der Waals surface area contributed by atoms with Crippen molar-refractivity contribution in [3.05, 3.63) is 46.5 Å². The highest BCUT2D eigenvalue weighted by atomic mass is 19.4. The number of aromatic nitrogens is 2. The van der Waals surface area contributed by atoms with Gasteiger partial charge in [0.2, 0.25) is 0 Å². The molecule has 0 N–H and O–H groups in total. The van der Waals surface area contributed by atoms with E-state index in [-0.39, 0.29) is 22.7 Å². The molecule has 0 bridgehead atoms. The third-order valence-corrected chi connectivity index (χ3v) is 5.27. The van der Waals surface area contributed by atoms with Crippen LogP contribution in [0.25, 0.3) is 5.69 Å². The van der Waals surface area contributed by atoms with Crippen LogP contribution in [0.1, 0.15) is 53.0 Å². The largest absolute Gasteiger partial charge is 0.435 e. The van der Waals surface area contributed by atoms with Crippen molar-refractivity contribution >= 4 is 5.91 Å². The number of amides is 1. The normalized spacial score (nSPS) is 17.3. The van der Waals surface area contributed by atoms with E-state index in [0.717, 1.165) is 25.3 Å². The number of carbonyl (C=O) groups excluding carboxylic acids is 1. The van der Waals surface area contributed by atoms with E-state index in [1.54, 1.807) is 4.90 Å². The number of rotatable bonds is 2. The summed E-state index contributed by atoms with van der Waals surface area (Å²) in [5.41, 5.74) is -0.0651. The highest BCUT2D eigenvalue weighted by Gasteiger charge is 2.39. The van der Waals surface area contributed by atoms with Crippen LogP contribution in [0, 0.1) is 5.82 Å². The molecule has 144 valence electrons. The van der Waals surface area contributed by atoms with Gasteiger partial charge in [0, 0.05) is 30.4 Å². The number of alkyl halides is 3. The molecule has 1 aromatic heterocycles. The number of likely N-dealkylation sites (tertiary alicyclic amines) is 1. The summed E-state index contributed by atoms with van der Waals surface area (Å²) in [6.45, 7) is 1.20. The van der Waals surface area contributed by atoms with Gasteiger partial charge in [0.25, 0.3) is 5.91 Å². The Morgan fingerprint density at radius 2 is 1.74 bits per heavy atom. The molecule has 0 saturated carbocycles. The number of nitrogens with zero attached hydrogens (tertiary/aromatic N) is 3. The van der Waals surface area contributed by atoms with Crippen LogP contribution in [0.2, 0.25) is 0 Å². The predicted molar refractivity (Wildman–Crippen MR) is 90.3 cm³/mol. The Labute approximate surface area is 153 Å². The molecule has 1 saturated heterocycles. The van der Waals surface area contributed by atoms with Crippen molar-refractivity contribution in [1.29, 1.82) is 0 Å². The van der Waals surface area contributed by atoms with E-state index in [0.29, 0.717) is 38.0 Å². The van der Waals surface area contributed by atoms with Crippen molar-refractivity contribution in [2.45, 2.75) is 44.7 Å². The van der Waals surface area contributed by atoms with Crippen LogP contribution in [0.3, 0.4) is 0 Å². The maximum Gasteiger partial charge on any atom is 0.435 e. The zero-order chi connectivity index (χ0) is 19.2. The van der Waals surface area contributed by atoms with Crippen LogP contribution < -0.4 is 0 Å². The third-order valence-electron chi connectivity index (χ3n) is 5.27. The summed E-state index contributed by atoms with van der Waals surface area (Å²) in [6.07, 6.45) is -0.525. The van der Waals surface area contributed by atoms with Gasteiger partial charge in [-0.1, -0.05) is 0 Å². The van der Waals surface area contributed by atoms with Crippen molar-refractivity contribution in [2.75, 3.05) is 13.1 Å². The number of hydrogen-bond donors (Lipinski definition) is 0. The Morgan fingerprint density at radius 1 is 1.04 bits per heavy atom. The molecule has 1 aromatic carbocycles. The number of halogens is 4. The highest BCUT2D eigenvalue weighted by molar-refractivity contribution is 5.94. The summed E-state index contributed by atoms with van der Waals surface area (Å²) in [4.78, 5) is 14.0. The van der Waals surface area contributed by atoms with Gasteiger partial charge in [0.15, 0.2) is 5.69 Å². The average molecular weight is 381 g/mol. The van der Waals surface area contributed by atoms with Crippen molar-refractivity contribution < 1.29 is 22.4 Å². The minimum absolute atomic E-state index is 0.0577. The van der Waals surface area contributed by atoms with Gasteiger partial charge in [-0.15, -0.1) is 0 Å². The second kappa shape index (κ2) is 6.65. The lowest BCUT2D eigenvalue weighted by Crippen LogP contribution is -2.28. The van der Waals surface area contributed by atoms with Crippen LogP contribution in [-0.2, 0) is 19.0 Å². The van der Waals surface area contributed by atoms with Gasteiger partial charge < -0.3 is 4.90 Å². The molecule has 0 unspecified atom stereocenters. The summed E-state index contributed by atoms with van der Waals surface area (Å²) in [7, 11) is 0. The molecule has 2 aromatic rings. The molecule has 1 aliphatic heterocycles. The second-order valence-electron chi connectivity index (χ2n) is 7.05. The van der Waals surface area contributed by atoms with Crippen LogP contribution in [-0.4, -0.2) is 33.7 Å². The molecule has 1 amide bonds. The van der Waals surface area contributed by atoms with Gasteiger partial charge in [0.1, 0.15) is 5.82 Å². The Morgan fingerprint density at radius 3 is 2.41 bits per heavy atom. The maximum atomic E-state index is 14.6. The molecule has 0 radical (unpaired) electrons. The van der Waals surface area contributed by atoms with E-state index in [2.05, 4.69) is 5.10 Å². The molecule has 0 atom stereocenters. The number of carbonyl (C=O) groups is 1. The Bertz CT molecular complexity index is 882. The molecular weight excluding hydrogens is 362 g/mol. The van der Waals surface area contributed by atoms with Crippen molar-refractivity contribution in [3.8, 4) is 5.69 Å².